The van der Waals surface area contributed by atoms with Crippen molar-refractivity contribution < 1.29 is 23.9 Å². The Hall–Kier alpha value is -0.330. The van der Waals surface area contributed by atoms with E-state index in [0.717, 1.165) is 0 Å². The number of rotatable bonds is 4. The monoisotopic (exact) mass is 364 g/mol. The highest BCUT2D eigenvalue weighted by atomic mass is 32.5. The molecule has 0 unspecified atom stereocenters. The van der Waals surface area contributed by atoms with Crippen LogP contribution in [0.5, 0.6) is 0 Å². The van der Waals surface area contributed by atoms with E-state index >= 15 is 0 Å². The SMILES string of the molecule is OP(O)(=S)OP(O)(O)=S(c1ccccc1)c1ccccc1. The van der Waals surface area contributed by atoms with Crippen molar-refractivity contribution in [2.45, 2.75) is 9.79 Å². The van der Waals surface area contributed by atoms with Gasteiger partial charge in [0.15, 0.2) is 0 Å². The van der Waals surface area contributed by atoms with Crippen molar-refractivity contribution in [2.24, 2.45) is 0 Å². The third kappa shape index (κ3) is 4.83. The van der Waals surface area contributed by atoms with E-state index in [-0.39, 0.29) is 0 Å². The molecule has 114 valence electrons. The van der Waals surface area contributed by atoms with Crippen LogP contribution in [-0.4, -0.2) is 19.6 Å². The quantitative estimate of drug-likeness (QED) is 0.624. The standard InChI is InChI=1S/C12H14O5P2S2/c13-18(14,20)17-19(15,16)21(11-7-3-1-4-8-11)12-9-5-2-6-10-12/h1-10,15-16H,(H2,13,14,20). The fourth-order valence-electron chi connectivity index (χ4n) is 1.68. The first-order valence-electron chi connectivity index (χ1n) is 5.76. The maximum absolute atomic E-state index is 10.3. The van der Waals surface area contributed by atoms with Crippen molar-refractivity contribution >= 4 is 35.3 Å². The molecule has 0 aliphatic carbocycles. The molecule has 21 heavy (non-hydrogen) atoms. The maximum Gasteiger partial charge on any atom is 0.328 e. The Morgan fingerprint density at radius 1 is 0.762 bits per heavy atom. The molecule has 0 aliphatic heterocycles. The highest BCUT2D eigenvalue weighted by molar-refractivity contribution is 8.29. The van der Waals surface area contributed by atoms with E-state index in [9.17, 15) is 19.6 Å². The molecule has 4 N–H and O–H groups in total. The van der Waals surface area contributed by atoms with Crippen molar-refractivity contribution in [1.82, 2.24) is 0 Å². The van der Waals surface area contributed by atoms with Crippen LogP contribution in [-0.2, 0) is 26.2 Å². The molecule has 0 radical (unpaired) electrons. The maximum atomic E-state index is 10.3. The van der Waals surface area contributed by atoms with Crippen LogP contribution >= 0.6 is 13.4 Å². The second-order valence-corrected chi connectivity index (χ2v) is 12.1. The van der Waals surface area contributed by atoms with Gasteiger partial charge in [0.1, 0.15) is 0 Å². The lowest BCUT2D eigenvalue weighted by Crippen LogP contribution is -1.99. The van der Waals surface area contributed by atoms with E-state index < -0.39 is 23.5 Å². The van der Waals surface area contributed by atoms with Crippen LogP contribution in [0.25, 0.3) is 0 Å². The van der Waals surface area contributed by atoms with Gasteiger partial charge in [-0.15, -0.1) is 0 Å². The number of benzene rings is 2. The molecule has 2 rings (SSSR count). The highest BCUT2D eigenvalue weighted by Gasteiger charge is 2.27. The van der Waals surface area contributed by atoms with E-state index in [1.807, 2.05) is 0 Å². The molecule has 0 saturated carbocycles. The third-order valence-corrected chi connectivity index (χ3v) is 9.89. The smallest absolute Gasteiger partial charge is 0.328 e. The summed E-state index contributed by atoms with van der Waals surface area (Å²) in [6.07, 6.45) is 0. The minimum Gasteiger partial charge on any atom is -0.328 e. The first-order chi connectivity index (χ1) is 9.80. The molecule has 0 aromatic heterocycles. The van der Waals surface area contributed by atoms with Gasteiger partial charge in [-0.25, -0.2) is 4.31 Å². The van der Waals surface area contributed by atoms with Crippen molar-refractivity contribution in [3.8, 4) is 0 Å². The second kappa shape index (κ2) is 6.84. The number of hydrogen-bond acceptors (Lipinski definition) is 2. The van der Waals surface area contributed by atoms with Gasteiger partial charge >= 0.3 is 6.72 Å². The van der Waals surface area contributed by atoms with Crippen LogP contribution in [0.2, 0.25) is 0 Å². The minimum absolute atomic E-state index is 0.616. The predicted octanol–water partition coefficient (Wildman–Crippen LogP) is 2.61. The van der Waals surface area contributed by atoms with Crippen molar-refractivity contribution in [3.63, 3.8) is 0 Å². The van der Waals surface area contributed by atoms with Gasteiger partial charge in [0.2, 0.25) is 0 Å². The summed E-state index contributed by atoms with van der Waals surface area (Å²) < 4.78 is 4.67. The molecule has 0 saturated heterocycles. The Labute approximate surface area is 129 Å². The van der Waals surface area contributed by atoms with Crippen molar-refractivity contribution in [1.29, 1.82) is 0 Å². The molecular weight excluding hydrogens is 350 g/mol. The second-order valence-electron chi connectivity index (χ2n) is 3.97. The highest BCUT2D eigenvalue weighted by Crippen LogP contribution is 2.59. The lowest BCUT2D eigenvalue weighted by molar-refractivity contribution is 0.318. The molecule has 0 aliphatic rings. The van der Waals surface area contributed by atoms with E-state index in [4.69, 9.17) is 0 Å². The van der Waals surface area contributed by atoms with E-state index in [1.165, 1.54) is 0 Å². The van der Waals surface area contributed by atoms with Crippen LogP contribution in [0, 0.1) is 0 Å². The molecule has 0 bridgehead atoms. The largest absolute Gasteiger partial charge is 0.328 e. The third-order valence-electron chi connectivity index (χ3n) is 2.38. The Morgan fingerprint density at radius 3 is 1.48 bits per heavy atom. The van der Waals surface area contributed by atoms with Gasteiger partial charge in [-0.3, -0.25) is 0 Å². The summed E-state index contributed by atoms with van der Waals surface area (Å²) >= 11 is 4.36. The fourth-order valence-corrected chi connectivity index (χ4v) is 9.74. The Morgan fingerprint density at radius 2 is 1.14 bits per heavy atom. The average Bonchev–Trinajstić information content (AvgIpc) is 2.38. The van der Waals surface area contributed by atoms with Crippen LogP contribution in [0.15, 0.2) is 70.5 Å². The summed E-state index contributed by atoms with van der Waals surface area (Å²) in [5, 5.41) is 0. The molecule has 0 spiro atoms. The molecule has 9 heteroatoms. The fraction of sp³-hybridized carbons (Fsp3) is 0. The predicted molar refractivity (Wildman–Crippen MR) is 87.9 cm³/mol. The van der Waals surface area contributed by atoms with Gasteiger partial charge in [0.25, 0.3) is 6.72 Å². The lowest BCUT2D eigenvalue weighted by Gasteiger charge is -2.22. The van der Waals surface area contributed by atoms with Crippen LogP contribution < -0.4 is 0 Å². The summed E-state index contributed by atoms with van der Waals surface area (Å²) in [6, 6.07) is 17.5. The summed E-state index contributed by atoms with van der Waals surface area (Å²) in [7, 11) is -1.27. The van der Waals surface area contributed by atoms with Crippen LogP contribution in [0.1, 0.15) is 0 Å². The first-order valence-corrected chi connectivity index (χ1v) is 11.8. The van der Waals surface area contributed by atoms with E-state index in [1.54, 1.807) is 60.7 Å². The topological polar surface area (TPSA) is 90.2 Å². The van der Waals surface area contributed by atoms with Gasteiger partial charge in [-0.2, -0.15) is 0 Å². The van der Waals surface area contributed by atoms with Crippen molar-refractivity contribution in [2.75, 3.05) is 0 Å². The lowest BCUT2D eigenvalue weighted by atomic mass is 10.4. The zero-order valence-electron chi connectivity index (χ0n) is 10.7. The molecule has 0 heterocycles. The van der Waals surface area contributed by atoms with Gasteiger partial charge in [-0.05, 0) is 36.1 Å². The van der Waals surface area contributed by atoms with Gasteiger partial charge in [0.05, 0.1) is 0 Å². The molecule has 2 aromatic rings. The van der Waals surface area contributed by atoms with Crippen LogP contribution in [0.3, 0.4) is 0 Å². The molecule has 5 nitrogen and oxygen atoms in total. The van der Waals surface area contributed by atoms with E-state index in [0.29, 0.717) is 9.79 Å². The molecule has 0 atom stereocenters. The normalized spacial score (nSPS) is 12.6. The Bertz CT molecular complexity index is 667. The molecule has 0 fully saturated rings. The summed E-state index contributed by atoms with van der Waals surface area (Å²) in [5.74, 6) is 0. The first kappa shape index (κ1) is 17.0. The minimum atomic E-state index is -4.19. The van der Waals surface area contributed by atoms with Gasteiger partial charge in [-0.1, -0.05) is 46.5 Å². The summed E-state index contributed by atoms with van der Waals surface area (Å²) in [5.41, 5.74) is 0. The average molecular weight is 364 g/mol. The zero-order chi connectivity index (χ0) is 15.5. The summed E-state index contributed by atoms with van der Waals surface area (Å²) in [4.78, 5) is 40.4. The Kier molecular flexibility index (Phi) is 5.54. The van der Waals surface area contributed by atoms with Gasteiger partial charge in [0, 0.05) is 9.79 Å². The summed E-state index contributed by atoms with van der Waals surface area (Å²) in [6.45, 7) is -8.34. The van der Waals surface area contributed by atoms with Gasteiger partial charge < -0.3 is 19.6 Å². The molecular formula is C12H14O5P2S2. The zero-order valence-corrected chi connectivity index (χ0v) is 14.1. The molecule has 0 amide bonds. The molecule has 2 aromatic carbocycles. The number of hydrogen-bond donors (Lipinski definition) is 4. The van der Waals surface area contributed by atoms with Crippen LogP contribution in [0.4, 0.5) is 0 Å². The van der Waals surface area contributed by atoms with Crippen molar-refractivity contribution in [3.05, 3.63) is 60.7 Å². The Balaban J connectivity index is 2.70. The van der Waals surface area contributed by atoms with E-state index in [2.05, 4.69) is 16.1 Å².